The molecular formula is C22H24Cl4N4O2. The van der Waals surface area contributed by atoms with Gasteiger partial charge in [0.1, 0.15) is 0 Å². The number of halogens is 4. The molecule has 0 aromatic heterocycles. The molecule has 2 aromatic carbocycles. The zero-order valence-electron chi connectivity index (χ0n) is 17.2. The number of benzene rings is 2. The van der Waals surface area contributed by atoms with Crippen LogP contribution in [0.1, 0.15) is 28.8 Å². The first-order chi connectivity index (χ1) is 15.3. The molecule has 32 heavy (non-hydrogen) atoms. The van der Waals surface area contributed by atoms with E-state index < -0.39 is 6.04 Å². The summed E-state index contributed by atoms with van der Waals surface area (Å²) in [5.41, 5.74) is 6.98. The molecule has 1 aliphatic heterocycles. The Morgan fingerprint density at radius 2 is 1.88 bits per heavy atom. The fourth-order valence-electron chi connectivity index (χ4n) is 3.58. The van der Waals surface area contributed by atoms with Crippen LogP contribution in [0.5, 0.6) is 0 Å². The first-order valence-corrected chi connectivity index (χ1v) is 11.7. The molecular weight excluding hydrogens is 494 g/mol. The van der Waals surface area contributed by atoms with Crippen LogP contribution in [0.3, 0.4) is 0 Å². The molecule has 1 saturated heterocycles. The highest BCUT2D eigenvalue weighted by Gasteiger charge is 2.30. The highest BCUT2D eigenvalue weighted by atomic mass is 35.5. The number of hydrogen-bond acceptors (Lipinski definition) is 4. The van der Waals surface area contributed by atoms with Crippen LogP contribution in [0, 0.1) is 0 Å². The number of rotatable bonds is 7. The van der Waals surface area contributed by atoms with E-state index in [1.165, 1.54) is 6.07 Å². The predicted octanol–water partition coefficient (Wildman–Crippen LogP) is 4.14. The summed E-state index contributed by atoms with van der Waals surface area (Å²) in [5.74, 6) is -0.305. The topological polar surface area (TPSA) is 87.5 Å². The van der Waals surface area contributed by atoms with Crippen molar-refractivity contribution in [3.05, 3.63) is 67.6 Å². The Kier molecular flexibility index (Phi) is 9.05. The minimum Gasteiger partial charge on any atom is -0.350 e. The molecule has 0 radical (unpaired) electrons. The molecule has 2 atom stereocenters. The molecule has 0 spiro atoms. The van der Waals surface area contributed by atoms with Crippen molar-refractivity contribution < 1.29 is 9.59 Å². The van der Waals surface area contributed by atoms with E-state index in [1.807, 2.05) is 6.07 Å². The number of amides is 2. The summed E-state index contributed by atoms with van der Waals surface area (Å²) in [4.78, 5) is 27.4. The van der Waals surface area contributed by atoms with Crippen molar-refractivity contribution in [3.63, 3.8) is 0 Å². The third-order valence-corrected chi connectivity index (χ3v) is 6.64. The lowest BCUT2D eigenvalue weighted by atomic mass is 10.1. The van der Waals surface area contributed by atoms with Gasteiger partial charge in [-0.2, -0.15) is 0 Å². The normalized spacial score (nSPS) is 19.0. The van der Waals surface area contributed by atoms with Crippen LogP contribution in [0.25, 0.3) is 0 Å². The third-order valence-electron chi connectivity index (χ3n) is 5.32. The van der Waals surface area contributed by atoms with Crippen molar-refractivity contribution >= 4 is 58.2 Å². The molecule has 4 N–H and O–H groups in total. The smallest absolute Gasteiger partial charge is 0.251 e. The number of carbonyl (C=O) groups is 2. The van der Waals surface area contributed by atoms with Crippen LogP contribution in [0.2, 0.25) is 20.1 Å². The monoisotopic (exact) mass is 516 g/mol. The first kappa shape index (κ1) is 25.1. The Hall–Kier alpha value is -1.54. The van der Waals surface area contributed by atoms with Crippen LogP contribution in [0.15, 0.2) is 36.4 Å². The zero-order valence-corrected chi connectivity index (χ0v) is 20.2. The Morgan fingerprint density at radius 1 is 1.09 bits per heavy atom. The standard InChI is InChI=1S/C22H24Cl4N4O2/c23-15-3-1-14(18(25)10-15)12-30-8-6-16(29-20(5-7-27)22(30)32)11-28-21(31)13-2-4-17(24)19(26)9-13/h1-4,9-10,16,20,29H,5-8,11-12,27H2,(H,28,31)/t16-,20-/m0/s1. The van der Waals surface area contributed by atoms with Gasteiger partial charge < -0.3 is 21.3 Å². The predicted molar refractivity (Wildman–Crippen MR) is 130 cm³/mol. The fourth-order valence-corrected chi connectivity index (χ4v) is 4.35. The van der Waals surface area contributed by atoms with Crippen LogP contribution in [-0.2, 0) is 11.3 Å². The molecule has 10 heteroatoms. The van der Waals surface area contributed by atoms with Gasteiger partial charge in [-0.15, -0.1) is 0 Å². The number of nitrogens with two attached hydrogens (primary N) is 1. The quantitative estimate of drug-likeness (QED) is 0.515. The van der Waals surface area contributed by atoms with Crippen LogP contribution in [0.4, 0.5) is 0 Å². The van der Waals surface area contributed by atoms with Gasteiger partial charge in [0.25, 0.3) is 5.91 Å². The van der Waals surface area contributed by atoms with Crippen molar-refractivity contribution in [2.45, 2.75) is 31.5 Å². The molecule has 1 fully saturated rings. The second-order valence-corrected chi connectivity index (χ2v) is 9.27. The van der Waals surface area contributed by atoms with E-state index in [2.05, 4.69) is 10.6 Å². The number of hydrogen-bond donors (Lipinski definition) is 3. The van der Waals surface area contributed by atoms with E-state index in [0.717, 1.165) is 5.56 Å². The first-order valence-electron chi connectivity index (χ1n) is 10.2. The van der Waals surface area contributed by atoms with Crippen LogP contribution < -0.4 is 16.4 Å². The molecule has 0 saturated carbocycles. The Morgan fingerprint density at radius 3 is 2.56 bits per heavy atom. The van der Waals surface area contributed by atoms with Gasteiger partial charge in [0, 0.05) is 41.3 Å². The highest BCUT2D eigenvalue weighted by molar-refractivity contribution is 6.42. The maximum absolute atomic E-state index is 13.1. The average molecular weight is 518 g/mol. The van der Waals surface area contributed by atoms with E-state index in [-0.39, 0.29) is 17.9 Å². The van der Waals surface area contributed by atoms with Gasteiger partial charge in [0.05, 0.1) is 16.1 Å². The van der Waals surface area contributed by atoms with Crippen molar-refractivity contribution in [3.8, 4) is 0 Å². The molecule has 1 heterocycles. The number of carbonyl (C=O) groups excluding carboxylic acids is 2. The molecule has 2 aromatic rings. The lowest BCUT2D eigenvalue weighted by molar-refractivity contribution is -0.133. The summed E-state index contributed by atoms with van der Waals surface area (Å²) >= 11 is 24.2. The van der Waals surface area contributed by atoms with Crippen molar-refractivity contribution in [1.82, 2.24) is 15.5 Å². The number of nitrogens with one attached hydrogen (secondary N) is 2. The summed E-state index contributed by atoms with van der Waals surface area (Å²) in [6.45, 7) is 1.60. The van der Waals surface area contributed by atoms with Crippen LogP contribution in [-0.4, -0.2) is 48.4 Å². The van der Waals surface area contributed by atoms with Crippen molar-refractivity contribution in [1.29, 1.82) is 0 Å². The maximum Gasteiger partial charge on any atom is 0.251 e. The molecule has 2 amide bonds. The van der Waals surface area contributed by atoms with Gasteiger partial charge in [0.15, 0.2) is 0 Å². The van der Waals surface area contributed by atoms with E-state index >= 15 is 0 Å². The lowest BCUT2D eigenvalue weighted by Gasteiger charge is -2.25. The summed E-state index contributed by atoms with van der Waals surface area (Å²) in [6, 6.07) is 9.41. The van der Waals surface area contributed by atoms with Gasteiger partial charge in [-0.3, -0.25) is 9.59 Å². The SMILES string of the molecule is NCC[C@@H]1N[C@H](CNC(=O)c2ccc(Cl)c(Cl)c2)CCN(Cc2ccc(Cl)cc2Cl)C1=O. The van der Waals surface area contributed by atoms with E-state index in [1.54, 1.807) is 29.2 Å². The fraction of sp³-hybridized carbons (Fsp3) is 0.364. The van der Waals surface area contributed by atoms with E-state index in [4.69, 9.17) is 52.1 Å². The molecule has 0 aliphatic carbocycles. The summed E-state index contributed by atoms with van der Waals surface area (Å²) < 4.78 is 0. The van der Waals surface area contributed by atoms with Crippen LogP contribution >= 0.6 is 46.4 Å². The van der Waals surface area contributed by atoms with E-state index in [0.29, 0.717) is 64.7 Å². The zero-order chi connectivity index (χ0) is 23.3. The summed E-state index contributed by atoms with van der Waals surface area (Å²) in [5, 5.41) is 8.01. The second kappa shape index (κ2) is 11.5. The highest BCUT2D eigenvalue weighted by Crippen LogP contribution is 2.24. The molecule has 1 aliphatic rings. The van der Waals surface area contributed by atoms with Gasteiger partial charge in [-0.25, -0.2) is 0 Å². The molecule has 0 unspecified atom stereocenters. The summed E-state index contributed by atoms with van der Waals surface area (Å²) in [6.07, 6.45) is 1.14. The van der Waals surface area contributed by atoms with Gasteiger partial charge in [-0.1, -0.05) is 52.5 Å². The maximum atomic E-state index is 13.1. The Balaban J connectivity index is 1.66. The van der Waals surface area contributed by atoms with Crippen molar-refractivity contribution in [2.75, 3.05) is 19.6 Å². The molecule has 0 bridgehead atoms. The molecule has 172 valence electrons. The Bertz CT molecular complexity index is 988. The van der Waals surface area contributed by atoms with Gasteiger partial charge in [-0.05, 0) is 55.3 Å². The molecule has 6 nitrogen and oxygen atoms in total. The molecule has 3 rings (SSSR count). The van der Waals surface area contributed by atoms with Gasteiger partial charge in [0.2, 0.25) is 5.91 Å². The summed E-state index contributed by atoms with van der Waals surface area (Å²) in [7, 11) is 0. The van der Waals surface area contributed by atoms with E-state index in [9.17, 15) is 9.59 Å². The largest absolute Gasteiger partial charge is 0.350 e. The minimum atomic E-state index is -0.444. The second-order valence-electron chi connectivity index (χ2n) is 7.62. The van der Waals surface area contributed by atoms with Crippen molar-refractivity contribution in [2.24, 2.45) is 5.73 Å². The van der Waals surface area contributed by atoms with Gasteiger partial charge >= 0.3 is 0 Å². The Labute approximate surface area is 207 Å². The third kappa shape index (κ3) is 6.50. The average Bonchev–Trinajstić information content (AvgIpc) is 2.90. The number of nitrogens with zero attached hydrogens (tertiary/aromatic N) is 1. The lowest BCUT2D eigenvalue weighted by Crippen LogP contribution is -2.49. The minimum absolute atomic E-state index is 0.0419.